The standard InChI is InChI=1S/C17H33N3O3Si/c1-8-12-15(5)18-21-24(11-4,22-19-16(6)13-9-2)23-20-17(7)14-10-3/h11H,4,8-10,12-14H2,1-3,5-7H3/b18-15-,19-16-,20-17-. The zero-order valence-electron chi connectivity index (χ0n) is 16.1. The Morgan fingerprint density at radius 3 is 1.25 bits per heavy atom. The third-order valence-electron chi connectivity index (χ3n) is 3.07. The fourth-order valence-electron chi connectivity index (χ4n) is 1.81. The molecular formula is C17H33N3O3Si. The summed E-state index contributed by atoms with van der Waals surface area (Å²) in [5, 5.41) is 12.4. The normalized spacial score (nSPS) is 13.7. The first-order chi connectivity index (χ1) is 11.4. The Bertz CT molecular complexity index is 402. The number of hydrogen-bond donors (Lipinski definition) is 0. The second kappa shape index (κ2) is 12.7. The summed E-state index contributed by atoms with van der Waals surface area (Å²) in [6.07, 6.45) is 5.51. The number of rotatable bonds is 13. The quantitative estimate of drug-likeness (QED) is 0.258. The van der Waals surface area contributed by atoms with Crippen molar-refractivity contribution in [2.24, 2.45) is 15.5 Å². The van der Waals surface area contributed by atoms with Crippen LogP contribution in [0.25, 0.3) is 0 Å². The molecule has 0 aliphatic heterocycles. The SMILES string of the molecule is C=C[Si](O/N=C(/C)CCC)(O/N=C(/C)CCC)O/N=C(/C)CCC. The Balaban J connectivity index is 5.26. The van der Waals surface area contributed by atoms with Crippen LogP contribution in [0.2, 0.25) is 0 Å². The zero-order valence-corrected chi connectivity index (χ0v) is 17.1. The van der Waals surface area contributed by atoms with E-state index in [1.165, 1.54) is 5.70 Å². The monoisotopic (exact) mass is 355 g/mol. The molecule has 0 fully saturated rings. The fourth-order valence-corrected chi connectivity index (χ4v) is 2.98. The summed E-state index contributed by atoms with van der Waals surface area (Å²) in [5.41, 5.74) is 4.10. The van der Waals surface area contributed by atoms with Crippen LogP contribution in [0.4, 0.5) is 0 Å². The van der Waals surface area contributed by atoms with Crippen LogP contribution >= 0.6 is 0 Å². The van der Waals surface area contributed by atoms with E-state index in [4.69, 9.17) is 13.6 Å². The molecule has 24 heavy (non-hydrogen) atoms. The van der Waals surface area contributed by atoms with Gasteiger partial charge in [-0.2, -0.15) is 0 Å². The van der Waals surface area contributed by atoms with Crippen LogP contribution in [0.15, 0.2) is 27.7 Å². The van der Waals surface area contributed by atoms with Gasteiger partial charge in [0, 0.05) is 5.70 Å². The lowest BCUT2D eigenvalue weighted by Gasteiger charge is -2.19. The van der Waals surface area contributed by atoms with E-state index in [9.17, 15) is 0 Å². The molecule has 0 spiro atoms. The fraction of sp³-hybridized carbons (Fsp3) is 0.706. The van der Waals surface area contributed by atoms with Gasteiger partial charge in [0.15, 0.2) is 0 Å². The molecule has 0 aliphatic rings. The third kappa shape index (κ3) is 9.49. The molecule has 0 radical (unpaired) electrons. The molecule has 0 heterocycles. The molecule has 0 aliphatic carbocycles. The molecular weight excluding hydrogens is 322 g/mol. The first kappa shape index (κ1) is 22.4. The van der Waals surface area contributed by atoms with Gasteiger partial charge in [-0.15, -0.1) is 15.5 Å². The molecule has 0 bridgehead atoms. The Morgan fingerprint density at radius 2 is 1.04 bits per heavy atom. The molecule has 0 saturated carbocycles. The Hall–Kier alpha value is -1.63. The smallest absolute Gasteiger partial charge is 0.370 e. The van der Waals surface area contributed by atoms with E-state index in [2.05, 4.69) is 42.8 Å². The van der Waals surface area contributed by atoms with E-state index in [1.54, 1.807) is 0 Å². The van der Waals surface area contributed by atoms with Gasteiger partial charge in [-0.3, -0.25) is 0 Å². The molecule has 0 N–H and O–H groups in total. The third-order valence-corrected chi connectivity index (χ3v) is 4.61. The number of hydrogen-bond acceptors (Lipinski definition) is 6. The first-order valence-corrected chi connectivity index (χ1v) is 10.5. The molecule has 0 unspecified atom stereocenters. The summed E-state index contributed by atoms with van der Waals surface area (Å²) in [6, 6.07) is 0. The minimum absolute atomic E-state index is 0.845. The highest BCUT2D eigenvalue weighted by molar-refractivity contribution is 6.66. The van der Waals surface area contributed by atoms with E-state index < -0.39 is 8.80 Å². The zero-order chi connectivity index (χ0) is 18.4. The molecule has 7 heteroatoms. The predicted octanol–water partition coefficient (Wildman–Crippen LogP) is 5.23. The lowest BCUT2D eigenvalue weighted by molar-refractivity contribution is 0.0784. The topological polar surface area (TPSA) is 64.8 Å². The van der Waals surface area contributed by atoms with E-state index in [1.807, 2.05) is 20.8 Å². The van der Waals surface area contributed by atoms with Gasteiger partial charge in [0.2, 0.25) is 0 Å². The second-order valence-electron chi connectivity index (χ2n) is 5.81. The van der Waals surface area contributed by atoms with Crippen LogP contribution in [0.1, 0.15) is 80.1 Å². The summed E-state index contributed by atoms with van der Waals surface area (Å²) >= 11 is 0. The summed E-state index contributed by atoms with van der Waals surface area (Å²) < 4.78 is 16.8. The maximum Gasteiger partial charge on any atom is 0.791 e. The summed E-state index contributed by atoms with van der Waals surface area (Å²) in [4.78, 5) is 0. The van der Waals surface area contributed by atoms with E-state index in [-0.39, 0.29) is 0 Å². The largest absolute Gasteiger partial charge is 0.791 e. The van der Waals surface area contributed by atoms with Crippen LogP contribution in [0.5, 0.6) is 0 Å². The van der Waals surface area contributed by atoms with Gasteiger partial charge in [-0.25, -0.2) is 0 Å². The number of oxime groups is 3. The van der Waals surface area contributed by atoms with Crippen LogP contribution in [0.3, 0.4) is 0 Å². The van der Waals surface area contributed by atoms with Crippen LogP contribution in [0, 0.1) is 0 Å². The van der Waals surface area contributed by atoms with Crippen molar-refractivity contribution in [3.63, 3.8) is 0 Å². The Labute approximate surface area is 148 Å². The molecule has 6 nitrogen and oxygen atoms in total. The molecule has 0 amide bonds. The van der Waals surface area contributed by atoms with Crippen LogP contribution < -0.4 is 0 Å². The summed E-state index contributed by atoms with van der Waals surface area (Å²) in [6.45, 7) is 15.8. The van der Waals surface area contributed by atoms with Gasteiger partial charge in [-0.1, -0.05) is 46.6 Å². The van der Waals surface area contributed by atoms with Crippen molar-refractivity contribution in [1.29, 1.82) is 0 Å². The summed E-state index contributed by atoms with van der Waals surface area (Å²) in [5.74, 6) is 0. The van der Waals surface area contributed by atoms with E-state index in [0.29, 0.717) is 0 Å². The van der Waals surface area contributed by atoms with Crippen LogP contribution in [-0.2, 0) is 13.6 Å². The molecule has 0 aromatic heterocycles. The Kier molecular flexibility index (Phi) is 11.9. The van der Waals surface area contributed by atoms with Crippen LogP contribution in [-0.4, -0.2) is 25.9 Å². The molecule has 138 valence electrons. The molecule has 0 saturated heterocycles. The molecule has 0 aromatic carbocycles. The lowest BCUT2D eigenvalue weighted by atomic mass is 10.2. The first-order valence-electron chi connectivity index (χ1n) is 8.71. The van der Waals surface area contributed by atoms with Gasteiger partial charge in [0.05, 0.1) is 17.1 Å². The van der Waals surface area contributed by atoms with Crippen molar-refractivity contribution in [3.8, 4) is 0 Å². The van der Waals surface area contributed by atoms with Gasteiger partial charge in [0.1, 0.15) is 0 Å². The minimum Gasteiger partial charge on any atom is -0.370 e. The van der Waals surface area contributed by atoms with Gasteiger partial charge < -0.3 is 13.6 Å². The van der Waals surface area contributed by atoms with E-state index >= 15 is 0 Å². The minimum atomic E-state index is -3.34. The maximum absolute atomic E-state index is 5.60. The van der Waals surface area contributed by atoms with Crippen molar-refractivity contribution in [1.82, 2.24) is 0 Å². The Morgan fingerprint density at radius 1 is 0.750 bits per heavy atom. The predicted molar refractivity (Wildman–Crippen MR) is 103 cm³/mol. The molecule has 0 aromatic rings. The van der Waals surface area contributed by atoms with Gasteiger partial charge in [-0.05, 0) is 40.0 Å². The van der Waals surface area contributed by atoms with Crippen molar-refractivity contribution in [2.75, 3.05) is 0 Å². The van der Waals surface area contributed by atoms with E-state index in [0.717, 1.165) is 55.7 Å². The summed E-state index contributed by atoms with van der Waals surface area (Å²) in [7, 11) is -3.34. The van der Waals surface area contributed by atoms with Gasteiger partial charge >= 0.3 is 8.80 Å². The van der Waals surface area contributed by atoms with Crippen molar-refractivity contribution in [3.05, 3.63) is 12.3 Å². The maximum atomic E-state index is 5.60. The highest BCUT2D eigenvalue weighted by atomic mass is 28.4. The molecule has 0 atom stereocenters. The van der Waals surface area contributed by atoms with Gasteiger partial charge in [0.25, 0.3) is 0 Å². The highest BCUT2D eigenvalue weighted by Crippen LogP contribution is 2.15. The van der Waals surface area contributed by atoms with Crippen molar-refractivity contribution >= 4 is 25.9 Å². The average molecular weight is 356 g/mol. The average Bonchev–Trinajstić information content (AvgIpc) is 2.55. The number of nitrogens with zero attached hydrogens (tertiary/aromatic N) is 3. The molecule has 0 rings (SSSR count). The van der Waals surface area contributed by atoms with Crippen molar-refractivity contribution in [2.45, 2.75) is 80.1 Å². The lowest BCUT2D eigenvalue weighted by Crippen LogP contribution is -2.40. The van der Waals surface area contributed by atoms with Crippen molar-refractivity contribution < 1.29 is 13.6 Å². The second-order valence-corrected chi connectivity index (χ2v) is 7.97. The highest BCUT2D eigenvalue weighted by Gasteiger charge is 2.48.